The highest BCUT2D eigenvalue weighted by atomic mass is 32.2. The van der Waals surface area contributed by atoms with Crippen molar-refractivity contribution in [2.75, 3.05) is 18.6 Å². The summed E-state index contributed by atoms with van der Waals surface area (Å²) in [5, 5.41) is 5.17. The zero-order valence-corrected chi connectivity index (χ0v) is 15.0. The van der Waals surface area contributed by atoms with Crippen LogP contribution in [0.1, 0.15) is 23.8 Å². The summed E-state index contributed by atoms with van der Waals surface area (Å²) in [6.07, 6.45) is 0.421. The number of methoxy groups -OCH3 is 1. The van der Waals surface area contributed by atoms with E-state index in [1.54, 1.807) is 19.4 Å². The molecule has 128 valence electrons. The largest absolute Gasteiger partial charge is 0.496 e. The zero-order chi connectivity index (χ0) is 17.4. The van der Waals surface area contributed by atoms with E-state index in [0.717, 1.165) is 5.56 Å². The van der Waals surface area contributed by atoms with Crippen molar-refractivity contribution in [3.63, 3.8) is 0 Å². The first kappa shape index (κ1) is 16.9. The number of thiazole rings is 1. The molecule has 1 amide bonds. The van der Waals surface area contributed by atoms with Gasteiger partial charge in [0.05, 0.1) is 29.7 Å². The fraction of sp³-hybridized carbons (Fsp3) is 0.375. The fourth-order valence-corrected chi connectivity index (χ4v) is 5.69. The lowest BCUT2D eigenvalue weighted by molar-refractivity contribution is 0.0911. The molecule has 1 aliphatic heterocycles. The Balaban J connectivity index is 1.80. The molecule has 2 heterocycles. The van der Waals surface area contributed by atoms with Gasteiger partial charge in [0.25, 0.3) is 5.91 Å². The van der Waals surface area contributed by atoms with Gasteiger partial charge in [0.2, 0.25) is 0 Å². The SMILES string of the molecule is COc1ccccc1-c1nc(C(=O)NC2(C)CCS(=O)(=O)C2)cs1. The van der Waals surface area contributed by atoms with Crippen LogP contribution >= 0.6 is 11.3 Å². The van der Waals surface area contributed by atoms with Gasteiger partial charge in [-0.2, -0.15) is 0 Å². The maximum Gasteiger partial charge on any atom is 0.271 e. The van der Waals surface area contributed by atoms with Gasteiger partial charge in [-0.1, -0.05) is 12.1 Å². The van der Waals surface area contributed by atoms with Gasteiger partial charge < -0.3 is 10.1 Å². The lowest BCUT2D eigenvalue weighted by Gasteiger charge is -2.23. The Hall–Kier alpha value is -1.93. The number of rotatable bonds is 4. The number of ether oxygens (including phenoxy) is 1. The van der Waals surface area contributed by atoms with Crippen molar-refractivity contribution < 1.29 is 17.9 Å². The fourth-order valence-electron chi connectivity index (χ4n) is 2.77. The number of hydrogen-bond acceptors (Lipinski definition) is 6. The molecule has 0 aliphatic carbocycles. The summed E-state index contributed by atoms with van der Waals surface area (Å²) in [4.78, 5) is 16.8. The van der Waals surface area contributed by atoms with Crippen LogP contribution in [0, 0.1) is 0 Å². The molecular formula is C16H18N2O4S2. The number of sulfone groups is 1. The minimum absolute atomic E-state index is 0.0325. The number of hydrogen-bond donors (Lipinski definition) is 1. The van der Waals surface area contributed by atoms with Crippen molar-refractivity contribution in [2.24, 2.45) is 0 Å². The van der Waals surface area contributed by atoms with E-state index in [2.05, 4.69) is 10.3 Å². The van der Waals surface area contributed by atoms with Crippen LogP contribution in [0.4, 0.5) is 0 Å². The molecule has 1 aliphatic rings. The third kappa shape index (κ3) is 3.44. The maximum atomic E-state index is 12.4. The smallest absolute Gasteiger partial charge is 0.271 e. The monoisotopic (exact) mass is 366 g/mol. The first-order valence-corrected chi connectivity index (χ1v) is 10.1. The van der Waals surface area contributed by atoms with Gasteiger partial charge in [-0.3, -0.25) is 4.79 Å². The Kier molecular flexibility index (Phi) is 4.35. The summed E-state index contributed by atoms with van der Waals surface area (Å²) >= 11 is 1.35. The Morgan fingerprint density at radius 3 is 2.79 bits per heavy atom. The Bertz CT molecular complexity index is 876. The first-order valence-electron chi connectivity index (χ1n) is 7.44. The topological polar surface area (TPSA) is 85.4 Å². The van der Waals surface area contributed by atoms with Crippen LogP contribution in [-0.2, 0) is 9.84 Å². The third-order valence-corrected chi connectivity index (χ3v) is 6.77. The molecule has 0 radical (unpaired) electrons. The summed E-state index contributed by atoms with van der Waals surface area (Å²) in [5.74, 6) is 0.405. The molecule has 1 unspecified atom stereocenters. The number of carbonyl (C=O) groups excluding carboxylic acids is 1. The quantitative estimate of drug-likeness (QED) is 0.896. The first-order chi connectivity index (χ1) is 11.3. The molecule has 6 nitrogen and oxygen atoms in total. The molecule has 24 heavy (non-hydrogen) atoms. The normalized spacial score (nSPS) is 22.2. The predicted molar refractivity (Wildman–Crippen MR) is 93.2 cm³/mol. The zero-order valence-electron chi connectivity index (χ0n) is 13.4. The van der Waals surface area contributed by atoms with Crippen LogP contribution in [0.5, 0.6) is 5.75 Å². The van der Waals surface area contributed by atoms with Crippen LogP contribution in [0.3, 0.4) is 0 Å². The second-order valence-electron chi connectivity index (χ2n) is 6.09. The Morgan fingerprint density at radius 2 is 2.12 bits per heavy atom. The molecule has 1 aromatic heterocycles. The molecule has 1 aromatic carbocycles. The number of nitrogens with one attached hydrogen (secondary N) is 1. The van der Waals surface area contributed by atoms with Crippen molar-refractivity contribution in [1.82, 2.24) is 10.3 Å². The number of aromatic nitrogens is 1. The van der Waals surface area contributed by atoms with Crippen LogP contribution in [0.15, 0.2) is 29.6 Å². The number of benzene rings is 1. The van der Waals surface area contributed by atoms with E-state index < -0.39 is 15.4 Å². The van der Waals surface area contributed by atoms with Crippen LogP contribution in [0.25, 0.3) is 10.6 Å². The number of para-hydroxylation sites is 1. The number of carbonyl (C=O) groups is 1. The lowest BCUT2D eigenvalue weighted by Crippen LogP contribution is -2.47. The molecule has 1 saturated heterocycles. The number of amides is 1. The second kappa shape index (κ2) is 6.18. The molecule has 0 spiro atoms. The van der Waals surface area contributed by atoms with Crippen molar-refractivity contribution >= 4 is 27.1 Å². The van der Waals surface area contributed by atoms with E-state index in [0.29, 0.717) is 17.2 Å². The van der Waals surface area contributed by atoms with Crippen molar-refractivity contribution in [2.45, 2.75) is 18.9 Å². The van der Waals surface area contributed by atoms with Gasteiger partial charge in [-0.05, 0) is 25.5 Å². The van der Waals surface area contributed by atoms with Crippen LogP contribution in [0.2, 0.25) is 0 Å². The summed E-state index contributed by atoms with van der Waals surface area (Å²) in [6.45, 7) is 1.75. The summed E-state index contributed by atoms with van der Waals surface area (Å²) in [5.41, 5.74) is 0.370. The minimum atomic E-state index is -3.08. The average Bonchev–Trinajstić information content (AvgIpc) is 3.12. The van der Waals surface area contributed by atoms with E-state index >= 15 is 0 Å². The summed E-state index contributed by atoms with van der Waals surface area (Å²) in [7, 11) is -1.49. The predicted octanol–water partition coefficient (Wildman–Crippen LogP) is 2.13. The van der Waals surface area contributed by atoms with Gasteiger partial charge in [0.15, 0.2) is 9.84 Å². The van der Waals surface area contributed by atoms with Crippen molar-refractivity contribution in [3.05, 3.63) is 35.3 Å². The second-order valence-corrected chi connectivity index (χ2v) is 9.14. The van der Waals surface area contributed by atoms with E-state index in [9.17, 15) is 13.2 Å². The summed E-state index contributed by atoms with van der Waals surface area (Å²) in [6, 6.07) is 7.46. The Morgan fingerprint density at radius 1 is 1.38 bits per heavy atom. The molecule has 8 heteroatoms. The van der Waals surface area contributed by atoms with Crippen LogP contribution in [-0.4, -0.2) is 43.5 Å². The van der Waals surface area contributed by atoms with E-state index in [1.807, 2.05) is 24.3 Å². The van der Waals surface area contributed by atoms with Gasteiger partial charge in [0, 0.05) is 5.38 Å². The Labute approximate surface area is 144 Å². The van der Waals surface area contributed by atoms with Crippen molar-refractivity contribution in [3.8, 4) is 16.3 Å². The summed E-state index contributed by atoms with van der Waals surface area (Å²) < 4.78 is 28.6. The highest BCUT2D eigenvalue weighted by Crippen LogP contribution is 2.32. The number of nitrogens with zero attached hydrogens (tertiary/aromatic N) is 1. The molecular weight excluding hydrogens is 348 g/mol. The van der Waals surface area contributed by atoms with Gasteiger partial charge >= 0.3 is 0 Å². The molecule has 1 N–H and O–H groups in total. The van der Waals surface area contributed by atoms with E-state index in [-0.39, 0.29) is 23.1 Å². The maximum absolute atomic E-state index is 12.4. The van der Waals surface area contributed by atoms with E-state index in [4.69, 9.17) is 4.74 Å². The van der Waals surface area contributed by atoms with Gasteiger partial charge in [0.1, 0.15) is 16.5 Å². The lowest BCUT2D eigenvalue weighted by atomic mass is 10.0. The van der Waals surface area contributed by atoms with Crippen LogP contribution < -0.4 is 10.1 Å². The third-order valence-electron chi connectivity index (χ3n) is 3.99. The molecule has 1 atom stereocenters. The standard InChI is InChI=1S/C16H18N2O4S2/c1-16(7-8-24(20,21)10-16)18-14(19)12-9-23-15(17-12)11-5-3-4-6-13(11)22-2/h3-6,9H,7-8,10H2,1-2H3,(H,18,19). The highest BCUT2D eigenvalue weighted by molar-refractivity contribution is 7.91. The van der Waals surface area contributed by atoms with Crippen molar-refractivity contribution in [1.29, 1.82) is 0 Å². The van der Waals surface area contributed by atoms with Gasteiger partial charge in [-0.25, -0.2) is 13.4 Å². The molecule has 2 aromatic rings. The van der Waals surface area contributed by atoms with E-state index in [1.165, 1.54) is 11.3 Å². The van der Waals surface area contributed by atoms with Gasteiger partial charge in [-0.15, -0.1) is 11.3 Å². The molecule has 0 saturated carbocycles. The minimum Gasteiger partial charge on any atom is -0.496 e. The molecule has 3 rings (SSSR count). The molecule has 1 fully saturated rings. The average molecular weight is 366 g/mol. The molecule has 0 bridgehead atoms. The highest BCUT2D eigenvalue weighted by Gasteiger charge is 2.39.